The Labute approximate surface area is 202 Å². The maximum absolute atomic E-state index is 6.39. The average molecular weight is 483 g/mol. The Hall–Kier alpha value is -2.34. The van der Waals surface area contributed by atoms with E-state index in [0.29, 0.717) is 5.28 Å². The van der Waals surface area contributed by atoms with Crippen molar-refractivity contribution in [3.63, 3.8) is 0 Å². The molecule has 0 unspecified atom stereocenters. The number of aryl methyl sites for hydroxylation is 2. The van der Waals surface area contributed by atoms with E-state index in [2.05, 4.69) is 59.0 Å². The minimum Gasteiger partial charge on any atom is -0.368 e. The van der Waals surface area contributed by atoms with Crippen LogP contribution < -0.4 is 9.80 Å². The number of nitrogens with zero attached hydrogens (tertiary/aromatic N) is 4. The van der Waals surface area contributed by atoms with Crippen molar-refractivity contribution in [2.45, 2.75) is 20.3 Å². The van der Waals surface area contributed by atoms with Crippen molar-refractivity contribution >= 4 is 56.3 Å². The van der Waals surface area contributed by atoms with E-state index in [-0.39, 0.29) is 0 Å². The lowest BCUT2D eigenvalue weighted by atomic mass is 10.0. The number of thiophene rings is 1. The van der Waals surface area contributed by atoms with Crippen molar-refractivity contribution in [1.82, 2.24) is 9.97 Å². The van der Waals surface area contributed by atoms with Gasteiger partial charge in [-0.2, -0.15) is 4.98 Å². The van der Waals surface area contributed by atoms with Crippen molar-refractivity contribution in [1.29, 1.82) is 0 Å². The molecule has 0 N–H and O–H groups in total. The molecule has 4 nitrogen and oxygen atoms in total. The topological polar surface area (TPSA) is 32.3 Å². The lowest BCUT2D eigenvalue weighted by molar-refractivity contribution is 0.649. The van der Waals surface area contributed by atoms with Crippen LogP contribution in [0.4, 0.5) is 11.5 Å². The molecule has 2 aromatic carbocycles. The number of hydrogen-bond donors (Lipinski definition) is 0. The molecule has 0 atom stereocenters. The fourth-order valence-electron chi connectivity index (χ4n) is 4.36. The quantitative estimate of drug-likeness (QED) is 0.297. The SMILES string of the molecule is CCc1sc2nc(Cl)nc(N3CCN(c4cccc(Cl)c4)CC3)c2c1-c1ccc(C)cc1. The monoisotopic (exact) mass is 482 g/mol. The van der Waals surface area contributed by atoms with Gasteiger partial charge in [0.1, 0.15) is 10.6 Å². The molecule has 3 heterocycles. The highest BCUT2D eigenvalue weighted by atomic mass is 35.5. The lowest BCUT2D eigenvalue weighted by Gasteiger charge is -2.37. The molecule has 164 valence electrons. The zero-order valence-electron chi connectivity index (χ0n) is 18.1. The summed E-state index contributed by atoms with van der Waals surface area (Å²) in [5.41, 5.74) is 4.87. The van der Waals surface area contributed by atoms with Gasteiger partial charge in [0.2, 0.25) is 5.28 Å². The molecule has 1 aliphatic rings. The van der Waals surface area contributed by atoms with Crippen LogP contribution in [0.1, 0.15) is 17.4 Å². The molecule has 0 aliphatic carbocycles. The van der Waals surface area contributed by atoms with Crippen LogP contribution in [-0.4, -0.2) is 36.1 Å². The van der Waals surface area contributed by atoms with E-state index in [1.54, 1.807) is 11.3 Å². The number of fused-ring (bicyclic) bond motifs is 1. The summed E-state index contributed by atoms with van der Waals surface area (Å²) in [6.07, 6.45) is 0.948. The predicted molar refractivity (Wildman–Crippen MR) is 138 cm³/mol. The third kappa shape index (κ3) is 4.05. The Morgan fingerprint density at radius 3 is 2.34 bits per heavy atom. The van der Waals surface area contributed by atoms with Crippen LogP contribution in [0.25, 0.3) is 21.3 Å². The van der Waals surface area contributed by atoms with Gasteiger partial charge in [0.05, 0.1) is 5.39 Å². The largest absolute Gasteiger partial charge is 0.368 e. The fourth-order valence-corrected chi connectivity index (χ4v) is 5.88. The third-order valence-corrected chi connectivity index (χ3v) is 7.62. The van der Waals surface area contributed by atoms with Crippen LogP contribution in [0, 0.1) is 6.92 Å². The highest BCUT2D eigenvalue weighted by Gasteiger charge is 2.25. The highest BCUT2D eigenvalue weighted by molar-refractivity contribution is 7.19. The Morgan fingerprint density at radius 1 is 0.938 bits per heavy atom. The molecule has 4 aromatic rings. The van der Waals surface area contributed by atoms with E-state index in [1.165, 1.54) is 21.6 Å². The molecule has 32 heavy (non-hydrogen) atoms. The van der Waals surface area contributed by atoms with Crippen molar-refractivity contribution in [3.8, 4) is 11.1 Å². The van der Waals surface area contributed by atoms with Crippen molar-refractivity contribution < 1.29 is 0 Å². The van der Waals surface area contributed by atoms with Crippen molar-refractivity contribution in [3.05, 3.63) is 69.3 Å². The lowest BCUT2D eigenvalue weighted by Crippen LogP contribution is -2.47. The van der Waals surface area contributed by atoms with E-state index in [0.717, 1.165) is 59.3 Å². The summed E-state index contributed by atoms with van der Waals surface area (Å²) in [7, 11) is 0. The molecule has 5 rings (SSSR count). The second-order valence-corrected chi connectivity index (χ2v) is 9.93. The van der Waals surface area contributed by atoms with Gasteiger partial charge in [-0.3, -0.25) is 0 Å². The van der Waals surface area contributed by atoms with Crippen LogP contribution in [0.15, 0.2) is 48.5 Å². The normalized spacial score (nSPS) is 14.4. The molecule has 0 saturated carbocycles. The third-order valence-electron chi connectivity index (χ3n) is 5.99. The van der Waals surface area contributed by atoms with Gasteiger partial charge < -0.3 is 9.80 Å². The number of rotatable bonds is 4. The smallest absolute Gasteiger partial charge is 0.225 e. The Balaban J connectivity index is 1.54. The maximum atomic E-state index is 6.39. The van der Waals surface area contributed by atoms with Crippen LogP contribution >= 0.6 is 34.5 Å². The summed E-state index contributed by atoms with van der Waals surface area (Å²) in [5, 5.41) is 2.20. The average Bonchev–Trinajstić information content (AvgIpc) is 3.17. The molecule has 1 saturated heterocycles. The Kier molecular flexibility index (Phi) is 5.97. The molecule has 1 aliphatic heterocycles. The van der Waals surface area contributed by atoms with Crippen LogP contribution in [-0.2, 0) is 6.42 Å². The van der Waals surface area contributed by atoms with E-state index in [9.17, 15) is 0 Å². The standard InChI is InChI=1S/C25H24Cl2N4S/c1-3-20-21(17-9-7-16(2)8-10-17)22-23(28-25(27)29-24(22)32-20)31-13-11-30(12-14-31)19-6-4-5-18(26)15-19/h4-10,15H,3,11-14H2,1-2H3. The van der Waals surface area contributed by atoms with E-state index in [4.69, 9.17) is 28.2 Å². The predicted octanol–water partition coefficient (Wildman–Crippen LogP) is 6.86. The fraction of sp³-hybridized carbons (Fsp3) is 0.280. The minimum absolute atomic E-state index is 0.309. The molecule has 0 spiro atoms. The van der Waals surface area contributed by atoms with E-state index >= 15 is 0 Å². The summed E-state index contributed by atoms with van der Waals surface area (Å²) in [6, 6.07) is 16.8. The molecular weight excluding hydrogens is 459 g/mol. The van der Waals surface area contributed by atoms with Crippen LogP contribution in [0.5, 0.6) is 0 Å². The van der Waals surface area contributed by atoms with Gasteiger partial charge in [0, 0.05) is 47.3 Å². The number of benzene rings is 2. The summed E-state index contributed by atoms with van der Waals surface area (Å²) < 4.78 is 0. The summed E-state index contributed by atoms with van der Waals surface area (Å²) in [4.78, 5) is 16.3. The Bertz CT molecular complexity index is 1260. The van der Waals surface area contributed by atoms with Gasteiger partial charge in [0.25, 0.3) is 0 Å². The van der Waals surface area contributed by atoms with Gasteiger partial charge in [-0.1, -0.05) is 54.4 Å². The molecule has 0 amide bonds. The van der Waals surface area contributed by atoms with Gasteiger partial charge >= 0.3 is 0 Å². The summed E-state index contributed by atoms with van der Waals surface area (Å²) in [6.45, 7) is 7.83. The van der Waals surface area contributed by atoms with E-state index in [1.807, 2.05) is 18.2 Å². The van der Waals surface area contributed by atoms with Gasteiger partial charge in [-0.25, -0.2) is 4.98 Å². The molecular formula is C25H24Cl2N4S. The zero-order chi connectivity index (χ0) is 22.2. The first kappa shape index (κ1) is 21.5. The van der Waals surface area contributed by atoms with Crippen LogP contribution in [0.2, 0.25) is 10.3 Å². The van der Waals surface area contributed by atoms with Gasteiger partial charge in [0.15, 0.2) is 0 Å². The molecule has 0 bridgehead atoms. The minimum atomic E-state index is 0.309. The first-order valence-corrected chi connectivity index (χ1v) is 12.4. The van der Waals surface area contributed by atoms with Crippen molar-refractivity contribution in [2.24, 2.45) is 0 Å². The first-order valence-electron chi connectivity index (χ1n) is 10.8. The first-order chi connectivity index (χ1) is 15.5. The molecule has 0 radical (unpaired) electrons. The number of piperazine rings is 1. The summed E-state index contributed by atoms with van der Waals surface area (Å²) in [5.74, 6) is 0.942. The number of halogens is 2. The number of aromatic nitrogens is 2. The van der Waals surface area contributed by atoms with Crippen molar-refractivity contribution in [2.75, 3.05) is 36.0 Å². The maximum Gasteiger partial charge on any atom is 0.225 e. The van der Waals surface area contributed by atoms with Gasteiger partial charge in [-0.15, -0.1) is 11.3 Å². The molecule has 2 aromatic heterocycles. The van der Waals surface area contributed by atoms with Gasteiger partial charge in [-0.05, 0) is 48.7 Å². The number of anilines is 2. The second kappa shape index (κ2) is 8.89. The Morgan fingerprint density at radius 2 is 1.66 bits per heavy atom. The number of hydrogen-bond acceptors (Lipinski definition) is 5. The molecule has 7 heteroatoms. The summed E-state index contributed by atoms with van der Waals surface area (Å²) >= 11 is 14.3. The second-order valence-electron chi connectivity index (χ2n) is 8.07. The molecule has 1 fully saturated rings. The highest BCUT2D eigenvalue weighted by Crippen LogP contribution is 2.43. The van der Waals surface area contributed by atoms with Crippen LogP contribution in [0.3, 0.4) is 0 Å². The zero-order valence-corrected chi connectivity index (χ0v) is 20.4. The van der Waals surface area contributed by atoms with E-state index < -0.39 is 0 Å².